The van der Waals surface area contributed by atoms with Gasteiger partial charge < -0.3 is 4.74 Å². The molecule has 3 heteroatoms. The second kappa shape index (κ2) is 5.86. The van der Waals surface area contributed by atoms with E-state index in [9.17, 15) is 0 Å². The second-order valence-electron chi connectivity index (χ2n) is 4.47. The molecule has 20 heavy (non-hydrogen) atoms. The van der Waals surface area contributed by atoms with E-state index in [-0.39, 0.29) is 0 Å². The molecule has 0 fully saturated rings. The van der Waals surface area contributed by atoms with Crippen molar-refractivity contribution in [1.82, 2.24) is 0 Å². The minimum absolute atomic E-state index is 0.739. The van der Waals surface area contributed by atoms with E-state index in [4.69, 9.17) is 16.3 Å². The molecule has 0 amide bonds. The van der Waals surface area contributed by atoms with Gasteiger partial charge in [0.05, 0.1) is 0 Å². The van der Waals surface area contributed by atoms with Gasteiger partial charge in [-0.2, -0.15) is 0 Å². The van der Waals surface area contributed by atoms with Crippen LogP contribution in [0, 0.1) is 0 Å². The first kappa shape index (κ1) is 13.5. The Kier molecular flexibility index (Phi) is 3.95. The number of rotatable bonds is 3. The lowest BCUT2D eigenvalue weighted by Crippen LogP contribution is -1.87. The summed E-state index contributed by atoms with van der Waals surface area (Å²) in [4.78, 5) is 0. The largest absolute Gasteiger partial charge is 0.457 e. The van der Waals surface area contributed by atoms with E-state index in [1.165, 1.54) is 5.56 Å². The van der Waals surface area contributed by atoms with Crippen molar-refractivity contribution in [2.24, 2.45) is 0 Å². The number of halogens is 2. The van der Waals surface area contributed by atoms with Gasteiger partial charge in [-0.1, -0.05) is 63.9 Å². The van der Waals surface area contributed by atoms with Gasteiger partial charge in [0.1, 0.15) is 11.5 Å². The quantitative estimate of drug-likeness (QED) is 0.514. The van der Waals surface area contributed by atoms with Crippen LogP contribution in [0.1, 0.15) is 5.56 Å². The summed E-state index contributed by atoms with van der Waals surface area (Å²) in [5, 5.41) is 3.60. The molecule has 0 saturated carbocycles. The molecule has 0 bridgehead atoms. The predicted molar refractivity (Wildman–Crippen MR) is 88.1 cm³/mol. The molecular weight excluding hydrogens is 336 g/mol. The zero-order chi connectivity index (χ0) is 13.9. The molecule has 0 aromatic heterocycles. The van der Waals surface area contributed by atoms with Gasteiger partial charge >= 0.3 is 0 Å². The fraction of sp³-hybridized carbons (Fsp3) is 0.0588. The van der Waals surface area contributed by atoms with Gasteiger partial charge in [0.2, 0.25) is 0 Å². The van der Waals surface area contributed by atoms with Crippen LogP contribution < -0.4 is 4.74 Å². The van der Waals surface area contributed by atoms with E-state index in [0.717, 1.165) is 32.6 Å². The Balaban J connectivity index is 2.00. The second-order valence-corrected chi connectivity index (χ2v) is 5.44. The van der Waals surface area contributed by atoms with Crippen molar-refractivity contribution in [3.63, 3.8) is 0 Å². The van der Waals surface area contributed by atoms with Gasteiger partial charge in [0.15, 0.2) is 0 Å². The molecule has 0 atom stereocenters. The first-order valence-electron chi connectivity index (χ1n) is 6.28. The van der Waals surface area contributed by atoms with Crippen LogP contribution >= 0.6 is 27.5 Å². The Morgan fingerprint density at radius 3 is 2.25 bits per heavy atom. The molecule has 0 unspecified atom stereocenters. The summed E-state index contributed by atoms with van der Waals surface area (Å²) >= 11 is 9.64. The van der Waals surface area contributed by atoms with Gasteiger partial charge in [-0.3, -0.25) is 0 Å². The normalized spacial score (nSPS) is 10.7. The molecule has 0 heterocycles. The Morgan fingerprint density at radius 2 is 1.55 bits per heavy atom. The Bertz CT molecular complexity index is 738. The van der Waals surface area contributed by atoms with E-state index in [0.29, 0.717) is 0 Å². The lowest BCUT2D eigenvalue weighted by atomic mass is 10.1. The van der Waals surface area contributed by atoms with Gasteiger partial charge in [0, 0.05) is 21.1 Å². The maximum atomic E-state index is 6.21. The number of fused-ring (bicyclic) bond motifs is 1. The van der Waals surface area contributed by atoms with Crippen molar-refractivity contribution in [2.45, 2.75) is 5.33 Å². The van der Waals surface area contributed by atoms with Crippen molar-refractivity contribution in [1.29, 1.82) is 0 Å². The fourth-order valence-corrected chi connectivity index (χ4v) is 2.70. The van der Waals surface area contributed by atoms with E-state index in [2.05, 4.69) is 15.9 Å². The number of hydrogen-bond donors (Lipinski definition) is 0. The summed E-state index contributed by atoms with van der Waals surface area (Å²) in [6.07, 6.45) is 0. The Hall–Kier alpha value is -1.51. The standard InChI is InChI=1S/C17H12BrClO/c18-11-12-5-7-13(8-6-12)20-17-10-9-16(19)14-3-1-2-4-15(14)17/h1-10H,11H2. The highest BCUT2D eigenvalue weighted by atomic mass is 79.9. The predicted octanol–water partition coefficient (Wildman–Crippen LogP) is 6.18. The zero-order valence-electron chi connectivity index (χ0n) is 10.6. The van der Waals surface area contributed by atoms with Crippen molar-refractivity contribution in [3.8, 4) is 11.5 Å². The molecule has 0 radical (unpaired) electrons. The smallest absolute Gasteiger partial charge is 0.135 e. The van der Waals surface area contributed by atoms with Crippen molar-refractivity contribution < 1.29 is 4.74 Å². The molecule has 3 aromatic carbocycles. The summed E-state index contributed by atoms with van der Waals surface area (Å²) in [5.74, 6) is 1.64. The van der Waals surface area contributed by atoms with Crippen LogP contribution in [0.2, 0.25) is 5.02 Å². The van der Waals surface area contributed by atoms with Gasteiger partial charge in [-0.05, 0) is 29.8 Å². The molecule has 0 N–H and O–H groups in total. The minimum atomic E-state index is 0.739. The van der Waals surface area contributed by atoms with Crippen LogP contribution in [0.5, 0.6) is 11.5 Å². The number of ether oxygens (including phenoxy) is 1. The molecule has 0 spiro atoms. The van der Waals surface area contributed by atoms with E-state index in [1.54, 1.807) is 0 Å². The highest BCUT2D eigenvalue weighted by Gasteiger charge is 2.06. The first-order chi connectivity index (χ1) is 9.78. The number of alkyl halides is 1. The number of hydrogen-bond acceptors (Lipinski definition) is 1. The molecule has 1 nitrogen and oxygen atoms in total. The molecule has 0 saturated heterocycles. The zero-order valence-corrected chi connectivity index (χ0v) is 13.0. The summed E-state index contributed by atoms with van der Waals surface area (Å²) in [6, 6.07) is 19.8. The summed E-state index contributed by atoms with van der Waals surface area (Å²) in [5.41, 5.74) is 1.22. The third-order valence-corrected chi connectivity index (χ3v) is 4.11. The Morgan fingerprint density at radius 1 is 0.850 bits per heavy atom. The van der Waals surface area contributed by atoms with Gasteiger partial charge in [-0.15, -0.1) is 0 Å². The third-order valence-electron chi connectivity index (χ3n) is 3.14. The fourth-order valence-electron chi connectivity index (χ4n) is 2.10. The molecule has 0 aliphatic heterocycles. The first-order valence-corrected chi connectivity index (χ1v) is 7.78. The lowest BCUT2D eigenvalue weighted by Gasteiger charge is -2.10. The maximum absolute atomic E-state index is 6.21. The van der Waals surface area contributed by atoms with Crippen LogP contribution in [0.3, 0.4) is 0 Å². The van der Waals surface area contributed by atoms with Crippen LogP contribution in [-0.4, -0.2) is 0 Å². The van der Waals surface area contributed by atoms with Crippen LogP contribution in [-0.2, 0) is 5.33 Å². The van der Waals surface area contributed by atoms with Crippen LogP contribution in [0.4, 0.5) is 0 Å². The van der Waals surface area contributed by atoms with Crippen LogP contribution in [0.15, 0.2) is 60.7 Å². The summed E-state index contributed by atoms with van der Waals surface area (Å²) in [7, 11) is 0. The van der Waals surface area contributed by atoms with Gasteiger partial charge in [-0.25, -0.2) is 0 Å². The Labute approximate surface area is 131 Å². The molecule has 0 aliphatic carbocycles. The highest BCUT2D eigenvalue weighted by molar-refractivity contribution is 9.08. The van der Waals surface area contributed by atoms with Crippen molar-refractivity contribution in [2.75, 3.05) is 0 Å². The molecule has 0 aliphatic rings. The molecule has 100 valence electrons. The van der Waals surface area contributed by atoms with Crippen LogP contribution in [0.25, 0.3) is 10.8 Å². The lowest BCUT2D eigenvalue weighted by molar-refractivity contribution is 0.488. The maximum Gasteiger partial charge on any atom is 0.135 e. The average Bonchev–Trinajstić information content (AvgIpc) is 2.51. The molecular formula is C17H12BrClO. The highest BCUT2D eigenvalue weighted by Crippen LogP contribution is 2.34. The third kappa shape index (κ3) is 2.67. The minimum Gasteiger partial charge on any atom is -0.457 e. The SMILES string of the molecule is Clc1ccc(Oc2ccc(CBr)cc2)c2ccccc12. The number of benzene rings is 3. The van der Waals surface area contributed by atoms with Crippen molar-refractivity contribution >= 4 is 38.3 Å². The molecule has 3 aromatic rings. The van der Waals surface area contributed by atoms with E-state index >= 15 is 0 Å². The van der Waals surface area contributed by atoms with E-state index < -0.39 is 0 Å². The monoisotopic (exact) mass is 346 g/mol. The van der Waals surface area contributed by atoms with Crippen molar-refractivity contribution in [3.05, 3.63) is 71.2 Å². The average molecular weight is 348 g/mol. The summed E-state index contributed by atoms with van der Waals surface area (Å²) < 4.78 is 5.97. The summed E-state index contributed by atoms with van der Waals surface area (Å²) in [6.45, 7) is 0. The topological polar surface area (TPSA) is 9.23 Å². The van der Waals surface area contributed by atoms with E-state index in [1.807, 2.05) is 60.7 Å². The molecule has 3 rings (SSSR count). The van der Waals surface area contributed by atoms with Gasteiger partial charge in [0.25, 0.3) is 0 Å².